The Morgan fingerprint density at radius 1 is 0.320 bits per heavy atom. The van der Waals surface area contributed by atoms with Crippen LogP contribution in [-0.4, -0.2) is 130 Å². The number of aliphatic hydroxyl groups is 8. The number of aliphatic hydroxyl groups excluding tert-OH is 8. The molecule has 128 heavy (non-hydrogen) atoms. The molecule has 11 aromatic carbocycles. The fourth-order valence-corrected chi connectivity index (χ4v) is 12.2. The van der Waals surface area contributed by atoms with Gasteiger partial charge in [0.05, 0.1) is 117 Å². The van der Waals surface area contributed by atoms with Crippen molar-refractivity contribution in [3.63, 3.8) is 0 Å². The molecule has 0 fully saturated rings. The molecule has 4 aromatic heterocycles. The molecule has 28 heteroatoms. The van der Waals surface area contributed by atoms with Crippen LogP contribution < -0.4 is 0 Å². The molecule has 18 nitrogen and oxygen atoms in total. The number of nitrogens with zero attached hydrogens (tertiary/aromatic N) is 10. The molecule has 0 saturated heterocycles. The maximum Gasteiger partial charge on any atom is 0.381 e. The van der Waals surface area contributed by atoms with E-state index in [0.717, 1.165) is 108 Å². The van der Waals surface area contributed by atoms with E-state index in [9.17, 15) is 26.3 Å². The van der Waals surface area contributed by atoms with Crippen LogP contribution in [0.5, 0.6) is 0 Å². The van der Waals surface area contributed by atoms with Crippen LogP contribution in [0.15, 0.2) is 255 Å². The van der Waals surface area contributed by atoms with Crippen LogP contribution in [0.4, 0.5) is 32.0 Å². The van der Waals surface area contributed by atoms with Crippen LogP contribution in [0.3, 0.4) is 0 Å². The van der Waals surface area contributed by atoms with Gasteiger partial charge in [0.25, 0.3) is 0 Å². The van der Waals surface area contributed by atoms with Gasteiger partial charge in [0.1, 0.15) is 0 Å². The quantitative estimate of drug-likeness (QED) is 0.0349. The van der Waals surface area contributed by atoms with E-state index in [-0.39, 0.29) is 133 Å². The predicted octanol–water partition coefficient (Wildman–Crippen LogP) is 21.0. The second-order valence-electron chi connectivity index (χ2n) is 29.4. The van der Waals surface area contributed by atoms with Crippen molar-refractivity contribution in [1.82, 2.24) is 39.9 Å². The van der Waals surface area contributed by atoms with Gasteiger partial charge in [-0.25, -0.2) is 10.1 Å². The number of hydrogen-bond donors (Lipinski definition) is 8. The van der Waals surface area contributed by atoms with Crippen LogP contribution in [0.25, 0.3) is 128 Å². The Morgan fingerprint density at radius 3 is 0.867 bits per heavy atom. The zero-order valence-corrected chi connectivity index (χ0v) is 80.4. The van der Waals surface area contributed by atoms with Crippen molar-refractivity contribution in [2.45, 2.75) is 156 Å². The number of fused-ring (bicyclic) bond motifs is 4. The number of hydrogen-bond acceptors (Lipinski definition) is 17. The molecule has 0 aliphatic rings. The van der Waals surface area contributed by atoms with E-state index < -0.39 is 23.5 Å². The Kier molecular flexibility index (Phi) is 46.7. The van der Waals surface area contributed by atoms with Gasteiger partial charge in [0, 0.05) is 119 Å². The number of aromatic nitrogens is 8. The summed E-state index contributed by atoms with van der Waals surface area (Å²) < 4.78 is 76.3. The van der Waals surface area contributed by atoms with E-state index in [1.54, 1.807) is 86.6 Å². The third-order valence-corrected chi connectivity index (χ3v) is 17.8. The van der Waals surface area contributed by atoms with Crippen molar-refractivity contribution < 1.29 is 151 Å². The van der Waals surface area contributed by atoms with E-state index >= 15 is 0 Å². The summed E-state index contributed by atoms with van der Waals surface area (Å²) in [6.07, 6.45) is -9.87. The zero-order chi connectivity index (χ0) is 90.2. The summed E-state index contributed by atoms with van der Waals surface area (Å²) in [6, 6.07) is 89.3. The van der Waals surface area contributed by atoms with Gasteiger partial charge in [0.2, 0.25) is 0 Å². The van der Waals surface area contributed by atoms with Gasteiger partial charge in [-0.1, -0.05) is 133 Å². The minimum Gasteiger partial charge on any atom is -0.393 e. The van der Waals surface area contributed by atoms with Crippen molar-refractivity contribution in [3.05, 3.63) is 318 Å². The molecule has 0 bridgehead atoms. The Balaban J connectivity index is 0.000000322. The Bertz CT molecular complexity index is 5690. The second kappa shape index (κ2) is 54.3. The van der Waals surface area contributed by atoms with Crippen molar-refractivity contribution in [2.75, 3.05) is 0 Å². The van der Waals surface area contributed by atoms with Crippen molar-refractivity contribution >= 4 is 49.8 Å². The van der Waals surface area contributed by atoms with E-state index in [1.807, 2.05) is 189 Å². The van der Waals surface area contributed by atoms with Gasteiger partial charge in [-0.15, -0.1) is 125 Å². The van der Waals surface area contributed by atoms with E-state index in [0.29, 0.717) is 87.6 Å². The van der Waals surface area contributed by atoms with Gasteiger partial charge in [-0.2, -0.15) is 26.3 Å². The van der Waals surface area contributed by atoms with Crippen LogP contribution in [0.2, 0.25) is 0 Å². The van der Waals surface area contributed by atoms with Gasteiger partial charge in [-0.05, 0) is 177 Å². The van der Waals surface area contributed by atoms with Crippen LogP contribution >= 0.6 is 0 Å². The fraction of sp³-hybridized carbons (Fsp3) is 0.240. The van der Waals surface area contributed by atoms with Gasteiger partial charge in [-0.3, -0.25) is 39.9 Å². The molecular weight excluding hydrogens is 2360 g/mol. The van der Waals surface area contributed by atoms with Crippen LogP contribution in [0.1, 0.15) is 109 Å². The van der Waals surface area contributed by atoms with E-state index in [1.165, 1.54) is 12.1 Å². The number of nitriles is 1. The summed E-state index contributed by atoms with van der Waals surface area (Å²) in [5.41, 5.74) is 18.0. The SMILES string of the molecule is CC(O)CC(C)O.CC(O)CC(C)O.CC(O)CC(C)O.CC(O)CC(C)O.Cc1ccc(-c2nc3ccccc3nc2-c2[c-]cc(C(F)(F)F)cc2)cc1.Cc1nc2ccccc2nc1-c1[c-]cc(C(F)(F)F)cc1.[C-]#[N+]c1ccc(-c2nc3ccccc3nc2-c2[c-]cc(C#N)cc2)cc1.[Pt].[Pt].[Pt].[Pt].[c-]1ccccc1-c1nc2ccccc2nc1-c1ccccc1. The van der Waals surface area contributed by atoms with Crippen molar-refractivity contribution in [1.29, 1.82) is 5.26 Å². The molecule has 8 N–H and O–H groups in total. The Morgan fingerprint density at radius 2 is 0.594 bits per heavy atom. The van der Waals surface area contributed by atoms with E-state index in [4.69, 9.17) is 77.6 Å². The average Bonchev–Trinajstić information content (AvgIpc) is 0.776. The largest absolute Gasteiger partial charge is 0.393 e. The number of rotatable bonds is 15. The van der Waals surface area contributed by atoms with Gasteiger partial charge in [0.15, 0.2) is 5.69 Å². The predicted molar refractivity (Wildman–Crippen MR) is 474 cm³/mol. The Labute approximate surface area is 799 Å². The first kappa shape index (κ1) is 110. The monoisotopic (exact) mass is 2460 g/mol. The first-order valence-corrected chi connectivity index (χ1v) is 39.7. The molecule has 0 aliphatic heterocycles. The molecule has 4 heterocycles. The van der Waals surface area contributed by atoms with Crippen LogP contribution in [0, 0.1) is 56.0 Å². The van der Waals surface area contributed by atoms with Crippen molar-refractivity contribution in [2.24, 2.45) is 0 Å². The maximum atomic E-state index is 12.9. The number of halogens is 6. The first-order chi connectivity index (χ1) is 59.1. The molecule has 0 saturated carbocycles. The summed E-state index contributed by atoms with van der Waals surface area (Å²) >= 11 is 0. The average molecular weight is 2460 g/mol. The topological polar surface area (TPSA) is 293 Å². The number of para-hydroxylation sites is 8. The standard InChI is InChI=1S/C22H14F3N2.C22H11N4.C20H13N2.C16H10F3N2.4C5H12O2.4Pt/c1-14-6-8-15(9-7-14)20-21(27-19-5-3-2-4-18(19)26-20)16-10-12-17(13-11-16)22(23,24)25;1-24-18-12-10-17(11-13-18)22-21(16-8-6-15(14-23)7-9-16)25-19-4-2-3-5-20(19)26-22;1-3-9-15(10-4-1)19-20(16-11-5-2-6-12-16)22-18-14-8-7-13-17(18)21-19;1-10-15(21-14-5-3-2-4-13(14)20-10)11-6-8-12(9-7-11)16(17,18)19;4*1-4(6)3-5(2)7;;;;/h2-10,12-13H,1H3;2-8,10-13H;1-11,13-14H;2-6,8-9H,1H3;4*4-7H,3H2,1-2H3;;;;/q4*-1;;;;;;;;. The molecule has 0 spiro atoms. The molecule has 8 atom stereocenters. The number of benzene rings is 11. The van der Waals surface area contributed by atoms with Crippen LogP contribution in [-0.2, 0) is 96.6 Å². The normalized spacial score (nSPS) is 12.5. The third-order valence-electron chi connectivity index (χ3n) is 17.8. The summed E-state index contributed by atoms with van der Waals surface area (Å²) in [4.78, 5) is 40.9. The number of alkyl halides is 6. The smallest absolute Gasteiger partial charge is 0.381 e. The van der Waals surface area contributed by atoms with Crippen molar-refractivity contribution in [3.8, 4) is 84.9 Å². The molecular formula is C100H96F6N10O8Pt4-4. The molecule has 15 rings (SSSR count). The summed E-state index contributed by atoms with van der Waals surface area (Å²) in [5.74, 6) is 0. The maximum absolute atomic E-state index is 12.9. The van der Waals surface area contributed by atoms with Gasteiger partial charge >= 0.3 is 12.4 Å². The zero-order valence-electron chi connectivity index (χ0n) is 71.3. The molecule has 680 valence electrons. The minimum absolute atomic E-state index is 0. The molecule has 0 radical (unpaired) electrons. The molecule has 8 unspecified atom stereocenters. The summed E-state index contributed by atoms with van der Waals surface area (Å²) in [6.45, 7) is 24.1. The Hall–Kier alpha value is -10.2. The number of aryl methyl sites for hydroxylation is 2. The molecule has 15 aromatic rings. The third kappa shape index (κ3) is 35.3. The summed E-state index contributed by atoms with van der Waals surface area (Å²) in [7, 11) is 0. The summed E-state index contributed by atoms with van der Waals surface area (Å²) in [5, 5.41) is 77.5. The second-order valence-corrected chi connectivity index (χ2v) is 29.4. The van der Waals surface area contributed by atoms with E-state index in [2.05, 4.69) is 62.3 Å². The molecule has 0 amide bonds. The first-order valence-electron chi connectivity index (χ1n) is 39.7. The molecule has 0 aliphatic carbocycles. The van der Waals surface area contributed by atoms with Gasteiger partial charge < -0.3 is 40.9 Å². The minimum atomic E-state index is -4.40. The fourth-order valence-electron chi connectivity index (χ4n) is 12.2.